The second-order valence-corrected chi connectivity index (χ2v) is 3.19. The molecule has 0 heterocycles. The van der Waals surface area contributed by atoms with Crippen LogP contribution in [0.2, 0.25) is 0 Å². The van der Waals surface area contributed by atoms with E-state index < -0.39 is 0 Å². The molecular weight excluding hydrogens is 124 g/mol. The zero-order chi connectivity index (χ0) is 8.20. The summed E-state index contributed by atoms with van der Waals surface area (Å²) in [5.74, 6) is 0.519. The highest BCUT2D eigenvalue weighted by Crippen LogP contribution is 2.22. The zero-order valence-electron chi connectivity index (χ0n) is 7.23. The maximum absolute atomic E-state index is 6.71. The van der Waals surface area contributed by atoms with Crippen LogP contribution in [-0.2, 0) is 0 Å². The molecule has 0 amide bonds. The molecule has 10 heavy (non-hydrogen) atoms. The number of nitrogens with zero attached hydrogens (tertiary/aromatic N) is 1. The van der Waals surface area contributed by atoms with Crippen molar-refractivity contribution in [3.63, 3.8) is 0 Å². The smallest absolute Gasteiger partial charge is 0.0867 e. The van der Waals surface area contributed by atoms with Crippen molar-refractivity contribution in [2.24, 2.45) is 10.9 Å². The third-order valence-electron chi connectivity index (χ3n) is 2.16. The molecule has 0 aromatic rings. The second kappa shape index (κ2) is 3.52. The van der Waals surface area contributed by atoms with Gasteiger partial charge in [0.05, 0.1) is 11.5 Å². The van der Waals surface area contributed by atoms with Crippen LogP contribution in [0.3, 0.4) is 0 Å². The van der Waals surface area contributed by atoms with Gasteiger partial charge in [-0.1, -0.05) is 20.3 Å². The Morgan fingerprint density at radius 3 is 2.40 bits per heavy atom. The van der Waals surface area contributed by atoms with Gasteiger partial charge in [-0.3, -0.25) is 0 Å². The molecule has 2 nitrogen and oxygen atoms in total. The summed E-state index contributed by atoms with van der Waals surface area (Å²) in [4.78, 5) is 3.94. The minimum absolute atomic E-state index is 0.115. The number of aliphatic imine (C=N–C) groups is 1. The van der Waals surface area contributed by atoms with Gasteiger partial charge in [0.2, 0.25) is 0 Å². The fraction of sp³-hybridized carbons (Fsp3) is 0.875. The summed E-state index contributed by atoms with van der Waals surface area (Å²) in [5.41, 5.74) is -0.115. The first kappa shape index (κ1) is 9.38. The van der Waals surface area contributed by atoms with Gasteiger partial charge in [-0.15, -0.1) is 0 Å². The van der Waals surface area contributed by atoms with Crippen LogP contribution in [0.1, 0.15) is 34.1 Å². The summed E-state index contributed by atoms with van der Waals surface area (Å²) >= 11 is 0. The van der Waals surface area contributed by atoms with E-state index in [4.69, 9.17) is 5.41 Å². The average Bonchev–Trinajstić information content (AvgIpc) is 1.86. The molecule has 0 aromatic carbocycles. The van der Waals surface area contributed by atoms with Gasteiger partial charge in [0.15, 0.2) is 0 Å². The lowest BCUT2D eigenvalue weighted by Gasteiger charge is -2.24. The van der Waals surface area contributed by atoms with E-state index in [9.17, 15) is 0 Å². The summed E-state index contributed by atoms with van der Waals surface area (Å²) < 4.78 is 0. The van der Waals surface area contributed by atoms with Gasteiger partial charge in [0.25, 0.3) is 0 Å². The number of nitrogens with one attached hydrogen (secondary N) is 1. The van der Waals surface area contributed by atoms with Gasteiger partial charge in [0.1, 0.15) is 0 Å². The normalized spacial score (nSPS) is 14.0. The second-order valence-electron chi connectivity index (χ2n) is 3.19. The van der Waals surface area contributed by atoms with Gasteiger partial charge in [-0.2, -0.15) is 0 Å². The van der Waals surface area contributed by atoms with E-state index in [0.717, 1.165) is 6.42 Å². The van der Waals surface area contributed by atoms with E-state index in [-0.39, 0.29) is 5.54 Å². The molecule has 0 spiro atoms. The van der Waals surface area contributed by atoms with E-state index in [1.807, 2.05) is 13.8 Å². The summed E-state index contributed by atoms with van der Waals surface area (Å²) in [7, 11) is 0. The largest absolute Gasteiger partial charge is 0.242 e. The molecule has 0 radical (unpaired) electrons. The quantitative estimate of drug-likeness (QED) is 0.585. The van der Waals surface area contributed by atoms with E-state index >= 15 is 0 Å². The Kier molecular flexibility index (Phi) is 3.31. The first-order chi connectivity index (χ1) is 4.54. The van der Waals surface area contributed by atoms with Crippen LogP contribution in [0.4, 0.5) is 0 Å². The van der Waals surface area contributed by atoms with E-state index in [1.165, 1.54) is 0 Å². The molecule has 0 aromatic heterocycles. The summed E-state index contributed by atoms with van der Waals surface area (Å²) in [6, 6.07) is 2.10. The third kappa shape index (κ3) is 2.32. The Morgan fingerprint density at radius 2 is 2.10 bits per heavy atom. The van der Waals surface area contributed by atoms with Crippen LogP contribution in [-0.4, -0.2) is 11.5 Å². The van der Waals surface area contributed by atoms with Crippen LogP contribution >= 0.6 is 0 Å². The van der Waals surface area contributed by atoms with Crippen LogP contribution in [0.5, 0.6) is 0 Å². The molecule has 2 heteroatoms. The predicted octanol–water partition coefficient (Wildman–Crippen LogP) is 2.56. The van der Waals surface area contributed by atoms with Crippen molar-refractivity contribution in [1.29, 1.82) is 5.41 Å². The SMILES string of the molecule is CCC(C)C(C)(C)N=C=N. The van der Waals surface area contributed by atoms with Crippen molar-refractivity contribution in [2.45, 2.75) is 39.7 Å². The van der Waals surface area contributed by atoms with Crippen molar-refractivity contribution < 1.29 is 0 Å². The molecule has 0 saturated heterocycles. The monoisotopic (exact) mass is 140 g/mol. The fourth-order valence-electron chi connectivity index (χ4n) is 0.754. The molecule has 0 aliphatic carbocycles. The summed E-state index contributed by atoms with van der Waals surface area (Å²) in [5, 5.41) is 6.71. The molecular formula is C8H16N2. The Bertz CT molecular complexity index is 143. The van der Waals surface area contributed by atoms with Gasteiger partial charge >= 0.3 is 0 Å². The number of hydrogen-bond acceptors (Lipinski definition) is 2. The Hall–Kier alpha value is -0.620. The van der Waals surface area contributed by atoms with Crippen LogP contribution in [0, 0.1) is 11.3 Å². The molecule has 1 atom stereocenters. The molecule has 1 unspecified atom stereocenters. The van der Waals surface area contributed by atoms with E-state index in [2.05, 4.69) is 24.8 Å². The minimum Gasteiger partial charge on any atom is -0.242 e. The predicted molar refractivity (Wildman–Crippen MR) is 43.7 cm³/mol. The Labute approximate surface area is 62.9 Å². The molecule has 0 aliphatic rings. The summed E-state index contributed by atoms with van der Waals surface area (Å²) in [6.45, 7) is 8.33. The number of hydrogen-bond donors (Lipinski definition) is 1. The highest BCUT2D eigenvalue weighted by Gasteiger charge is 2.22. The highest BCUT2D eigenvalue weighted by atomic mass is 14.8. The van der Waals surface area contributed by atoms with Crippen LogP contribution in [0.25, 0.3) is 0 Å². The third-order valence-corrected chi connectivity index (χ3v) is 2.16. The average molecular weight is 140 g/mol. The van der Waals surface area contributed by atoms with E-state index in [0.29, 0.717) is 5.92 Å². The molecule has 0 fully saturated rings. The van der Waals surface area contributed by atoms with Crippen molar-refractivity contribution in [2.75, 3.05) is 0 Å². The van der Waals surface area contributed by atoms with Crippen LogP contribution < -0.4 is 0 Å². The summed E-state index contributed by atoms with van der Waals surface area (Å²) in [6.07, 6.45) is 1.10. The lowest BCUT2D eigenvalue weighted by Crippen LogP contribution is -2.25. The minimum atomic E-state index is -0.115. The molecule has 0 bridgehead atoms. The van der Waals surface area contributed by atoms with Gasteiger partial charge in [0, 0.05) is 0 Å². The molecule has 58 valence electrons. The first-order valence-electron chi connectivity index (χ1n) is 3.68. The van der Waals surface area contributed by atoms with Crippen LogP contribution in [0.15, 0.2) is 4.99 Å². The van der Waals surface area contributed by atoms with Crippen molar-refractivity contribution in [3.05, 3.63) is 0 Å². The maximum atomic E-state index is 6.71. The maximum Gasteiger partial charge on any atom is 0.0867 e. The number of rotatable bonds is 3. The van der Waals surface area contributed by atoms with Crippen molar-refractivity contribution in [3.8, 4) is 0 Å². The molecule has 0 rings (SSSR count). The lowest BCUT2D eigenvalue weighted by atomic mass is 9.88. The topological polar surface area (TPSA) is 36.2 Å². The molecule has 1 N–H and O–H groups in total. The van der Waals surface area contributed by atoms with E-state index in [1.54, 1.807) is 0 Å². The van der Waals surface area contributed by atoms with Gasteiger partial charge in [-0.05, 0) is 19.8 Å². The standard InChI is InChI=1S/C8H16N2/c1-5-7(2)8(3,4)10-6-9/h7,9H,5H2,1-4H3. The molecule has 0 saturated carbocycles. The van der Waals surface area contributed by atoms with Crippen molar-refractivity contribution >= 4 is 6.01 Å². The van der Waals surface area contributed by atoms with Crippen molar-refractivity contribution in [1.82, 2.24) is 0 Å². The fourth-order valence-corrected chi connectivity index (χ4v) is 0.754. The highest BCUT2D eigenvalue weighted by molar-refractivity contribution is 5.37. The molecule has 0 aliphatic heterocycles. The van der Waals surface area contributed by atoms with Gasteiger partial charge in [-0.25, -0.2) is 10.4 Å². The Balaban J connectivity index is 4.22. The Morgan fingerprint density at radius 1 is 1.60 bits per heavy atom. The lowest BCUT2D eigenvalue weighted by molar-refractivity contribution is 0.341. The van der Waals surface area contributed by atoms with Gasteiger partial charge < -0.3 is 0 Å². The first-order valence-corrected chi connectivity index (χ1v) is 3.68. The zero-order valence-corrected chi connectivity index (χ0v) is 7.23.